The van der Waals surface area contributed by atoms with E-state index in [9.17, 15) is 0 Å². The van der Waals surface area contributed by atoms with Gasteiger partial charge in [0.1, 0.15) is 12.3 Å². The van der Waals surface area contributed by atoms with Gasteiger partial charge in [-0.1, -0.05) is 6.42 Å². The fourth-order valence-electron chi connectivity index (χ4n) is 3.98. The summed E-state index contributed by atoms with van der Waals surface area (Å²) in [7, 11) is 0. The Balaban J connectivity index is 1.67. The summed E-state index contributed by atoms with van der Waals surface area (Å²) >= 11 is 0. The molecular formula is C19H26N6O. The number of rotatable bonds is 2. The maximum absolute atomic E-state index is 6.27. The molecule has 0 bridgehead atoms. The predicted molar refractivity (Wildman–Crippen MR) is 105 cm³/mol. The van der Waals surface area contributed by atoms with Crippen molar-refractivity contribution in [2.45, 2.75) is 57.2 Å². The predicted octanol–water partition coefficient (Wildman–Crippen LogP) is 2.35. The summed E-state index contributed by atoms with van der Waals surface area (Å²) < 4.78 is 5.73. The monoisotopic (exact) mass is 354 g/mol. The minimum atomic E-state index is -0.418. The van der Waals surface area contributed by atoms with Crippen molar-refractivity contribution in [1.82, 2.24) is 0 Å². The molecule has 0 atom stereocenters. The number of anilines is 1. The Hall–Kier alpha value is -2.57. The SMILES string of the molecule is CC1(C)COC(c2ccc(N3C(N)=NC(N)=NC34CCCCC4)cc2)=N1. The van der Waals surface area contributed by atoms with Crippen molar-refractivity contribution in [3.05, 3.63) is 29.8 Å². The van der Waals surface area contributed by atoms with Crippen LogP contribution in [-0.2, 0) is 4.74 Å². The molecular weight excluding hydrogens is 328 g/mol. The molecule has 2 aliphatic heterocycles. The molecule has 0 radical (unpaired) electrons. The molecule has 1 spiro atoms. The lowest BCUT2D eigenvalue weighted by atomic mass is 9.87. The maximum atomic E-state index is 6.27. The van der Waals surface area contributed by atoms with Crippen molar-refractivity contribution in [2.75, 3.05) is 11.5 Å². The van der Waals surface area contributed by atoms with Crippen LogP contribution in [-0.4, -0.2) is 35.6 Å². The van der Waals surface area contributed by atoms with Gasteiger partial charge in [-0.2, -0.15) is 4.99 Å². The maximum Gasteiger partial charge on any atom is 0.220 e. The molecule has 7 nitrogen and oxygen atoms in total. The van der Waals surface area contributed by atoms with Crippen LogP contribution in [0.4, 0.5) is 5.69 Å². The van der Waals surface area contributed by atoms with Gasteiger partial charge in [-0.3, -0.25) is 4.90 Å². The highest BCUT2D eigenvalue weighted by Crippen LogP contribution is 2.39. The second-order valence-corrected chi connectivity index (χ2v) is 7.88. The van der Waals surface area contributed by atoms with E-state index in [-0.39, 0.29) is 11.5 Å². The molecule has 138 valence electrons. The van der Waals surface area contributed by atoms with Gasteiger partial charge in [-0.05, 0) is 63.8 Å². The van der Waals surface area contributed by atoms with Crippen LogP contribution in [0.5, 0.6) is 0 Å². The van der Waals surface area contributed by atoms with Gasteiger partial charge in [0.05, 0.1) is 5.54 Å². The van der Waals surface area contributed by atoms with Gasteiger partial charge in [0.15, 0.2) is 0 Å². The fraction of sp³-hybridized carbons (Fsp3) is 0.526. The minimum absolute atomic E-state index is 0.170. The smallest absolute Gasteiger partial charge is 0.220 e. The standard InChI is InChI=1S/C19H26N6O/c1-18(2)12-26-15(23-18)13-6-8-14(9-7-13)25-17(21)22-16(20)24-19(25)10-4-3-5-11-19/h6-9H,3-5,10-12H2,1-2H3,(H4,20,21,22,24). The molecule has 2 heterocycles. The van der Waals surface area contributed by atoms with Crippen LogP contribution in [0.1, 0.15) is 51.5 Å². The highest BCUT2D eigenvalue weighted by atomic mass is 16.5. The van der Waals surface area contributed by atoms with E-state index in [1.165, 1.54) is 6.42 Å². The van der Waals surface area contributed by atoms with Crippen LogP contribution < -0.4 is 16.4 Å². The van der Waals surface area contributed by atoms with E-state index in [1.54, 1.807) is 0 Å². The molecule has 1 fully saturated rings. The minimum Gasteiger partial charge on any atom is -0.475 e. The summed E-state index contributed by atoms with van der Waals surface area (Å²) in [5, 5.41) is 0. The van der Waals surface area contributed by atoms with E-state index in [0.717, 1.165) is 36.9 Å². The molecule has 4 N–H and O–H groups in total. The van der Waals surface area contributed by atoms with Crippen molar-refractivity contribution in [3.8, 4) is 0 Å². The van der Waals surface area contributed by atoms with Crippen molar-refractivity contribution < 1.29 is 4.74 Å². The van der Waals surface area contributed by atoms with Gasteiger partial charge < -0.3 is 16.2 Å². The molecule has 1 aromatic rings. The van der Waals surface area contributed by atoms with Gasteiger partial charge in [0, 0.05) is 11.3 Å². The molecule has 3 aliphatic rings. The van der Waals surface area contributed by atoms with E-state index in [1.807, 2.05) is 29.2 Å². The quantitative estimate of drug-likeness (QED) is 0.851. The molecule has 0 unspecified atom stereocenters. The zero-order chi connectivity index (χ0) is 18.4. The Morgan fingerprint density at radius 2 is 1.69 bits per heavy atom. The van der Waals surface area contributed by atoms with Crippen molar-refractivity contribution >= 4 is 23.5 Å². The molecule has 1 aliphatic carbocycles. The van der Waals surface area contributed by atoms with Crippen LogP contribution >= 0.6 is 0 Å². The van der Waals surface area contributed by atoms with Gasteiger partial charge >= 0.3 is 0 Å². The molecule has 0 saturated heterocycles. The summed E-state index contributed by atoms with van der Waals surface area (Å²) in [4.78, 5) is 15.6. The highest BCUT2D eigenvalue weighted by Gasteiger charge is 2.42. The molecule has 7 heteroatoms. The second kappa shape index (κ2) is 6.00. The number of hydrogen-bond acceptors (Lipinski definition) is 7. The molecule has 1 saturated carbocycles. The first-order valence-corrected chi connectivity index (χ1v) is 9.21. The first-order chi connectivity index (χ1) is 12.4. The summed E-state index contributed by atoms with van der Waals surface area (Å²) in [6, 6.07) is 8.09. The lowest BCUT2D eigenvalue weighted by Crippen LogP contribution is -2.58. The van der Waals surface area contributed by atoms with Crippen LogP contribution in [0.15, 0.2) is 39.2 Å². The Kier molecular flexibility index (Phi) is 3.89. The Labute approximate surface area is 153 Å². The average molecular weight is 354 g/mol. The van der Waals surface area contributed by atoms with E-state index >= 15 is 0 Å². The number of guanidine groups is 2. The number of nitrogens with two attached hydrogens (primary N) is 2. The largest absolute Gasteiger partial charge is 0.475 e. The highest BCUT2D eigenvalue weighted by molar-refractivity contribution is 6.06. The van der Waals surface area contributed by atoms with Crippen molar-refractivity contribution in [2.24, 2.45) is 26.4 Å². The first kappa shape index (κ1) is 16.9. The van der Waals surface area contributed by atoms with Gasteiger partial charge in [-0.25, -0.2) is 9.98 Å². The Bertz CT molecular complexity index is 787. The van der Waals surface area contributed by atoms with Gasteiger partial charge in [-0.15, -0.1) is 0 Å². The number of nitrogens with zero attached hydrogens (tertiary/aromatic N) is 4. The van der Waals surface area contributed by atoms with Gasteiger partial charge in [0.2, 0.25) is 17.8 Å². The van der Waals surface area contributed by atoms with E-state index in [2.05, 4.69) is 23.8 Å². The van der Waals surface area contributed by atoms with E-state index < -0.39 is 5.66 Å². The summed E-state index contributed by atoms with van der Waals surface area (Å²) in [6.45, 7) is 4.73. The van der Waals surface area contributed by atoms with Crippen LogP contribution in [0.3, 0.4) is 0 Å². The molecule has 4 rings (SSSR count). The van der Waals surface area contributed by atoms with Crippen LogP contribution in [0, 0.1) is 0 Å². The molecule has 0 amide bonds. The number of benzene rings is 1. The van der Waals surface area contributed by atoms with Crippen LogP contribution in [0.25, 0.3) is 0 Å². The topological polar surface area (TPSA) is 102 Å². The number of ether oxygens (including phenoxy) is 1. The zero-order valence-electron chi connectivity index (χ0n) is 15.4. The van der Waals surface area contributed by atoms with Crippen LogP contribution in [0.2, 0.25) is 0 Å². The average Bonchev–Trinajstić information content (AvgIpc) is 2.95. The zero-order valence-corrected chi connectivity index (χ0v) is 15.4. The lowest BCUT2D eigenvalue weighted by molar-refractivity contribution is 0.279. The third-order valence-corrected chi connectivity index (χ3v) is 5.19. The van der Waals surface area contributed by atoms with Gasteiger partial charge in [0.25, 0.3) is 0 Å². The summed E-state index contributed by atoms with van der Waals surface area (Å²) in [6.07, 6.45) is 5.29. The normalized spacial score (nSPS) is 23.9. The van der Waals surface area contributed by atoms with Crippen molar-refractivity contribution in [1.29, 1.82) is 0 Å². The first-order valence-electron chi connectivity index (χ1n) is 9.21. The van der Waals surface area contributed by atoms with Crippen molar-refractivity contribution in [3.63, 3.8) is 0 Å². The molecule has 26 heavy (non-hydrogen) atoms. The molecule has 1 aromatic carbocycles. The Morgan fingerprint density at radius 3 is 2.31 bits per heavy atom. The third-order valence-electron chi connectivity index (χ3n) is 5.19. The summed E-state index contributed by atoms with van der Waals surface area (Å²) in [5.41, 5.74) is 13.5. The number of aliphatic imine (C=N–C) groups is 3. The third kappa shape index (κ3) is 2.91. The molecule has 0 aromatic heterocycles. The second-order valence-electron chi connectivity index (χ2n) is 7.88. The van der Waals surface area contributed by atoms with E-state index in [4.69, 9.17) is 21.2 Å². The lowest BCUT2D eigenvalue weighted by Gasteiger charge is -2.45. The summed E-state index contributed by atoms with van der Waals surface area (Å²) in [5.74, 6) is 1.37. The Morgan fingerprint density at radius 1 is 1.00 bits per heavy atom. The van der Waals surface area contributed by atoms with E-state index in [0.29, 0.717) is 18.5 Å². The fourth-order valence-corrected chi connectivity index (χ4v) is 3.98. The number of hydrogen-bond donors (Lipinski definition) is 2.